The molecular formula is C13H15N3OS. The van der Waals surface area contributed by atoms with Gasteiger partial charge in [-0.3, -0.25) is 10.6 Å². The van der Waals surface area contributed by atoms with Crippen molar-refractivity contribution in [1.29, 1.82) is 0 Å². The van der Waals surface area contributed by atoms with E-state index >= 15 is 0 Å². The molecule has 0 saturated carbocycles. The molecule has 0 aliphatic heterocycles. The molecule has 1 aromatic carbocycles. The highest BCUT2D eigenvalue weighted by Gasteiger charge is 2.06. The fourth-order valence-corrected chi connectivity index (χ4v) is 2.42. The van der Waals surface area contributed by atoms with Crippen LogP contribution in [0.1, 0.15) is 21.5 Å². The van der Waals surface area contributed by atoms with Crippen LogP contribution < -0.4 is 16.6 Å². The minimum atomic E-state index is -0.0795. The summed E-state index contributed by atoms with van der Waals surface area (Å²) in [5.74, 6) is 5.19. The number of carbonyl (C=O) groups is 1. The van der Waals surface area contributed by atoms with E-state index in [1.807, 2.05) is 6.92 Å². The largest absolute Gasteiger partial charge is 0.348 e. The van der Waals surface area contributed by atoms with Gasteiger partial charge < -0.3 is 10.7 Å². The van der Waals surface area contributed by atoms with Crippen LogP contribution in [-0.4, -0.2) is 5.91 Å². The molecule has 0 saturated heterocycles. The molecule has 1 amide bonds. The fraction of sp³-hybridized carbons (Fsp3) is 0.154. The Hall–Kier alpha value is -1.85. The number of benzene rings is 1. The van der Waals surface area contributed by atoms with E-state index in [0.29, 0.717) is 12.1 Å². The quantitative estimate of drug-likeness (QED) is 0.584. The molecule has 1 heterocycles. The van der Waals surface area contributed by atoms with E-state index in [9.17, 15) is 4.79 Å². The average molecular weight is 261 g/mol. The van der Waals surface area contributed by atoms with Crippen LogP contribution in [0, 0.1) is 6.92 Å². The number of thiophene rings is 1. The van der Waals surface area contributed by atoms with Crippen LogP contribution in [0.15, 0.2) is 35.0 Å². The third-order valence-corrected chi connectivity index (χ3v) is 3.63. The van der Waals surface area contributed by atoms with Gasteiger partial charge in [0.05, 0.1) is 0 Å². The molecule has 4 nitrogen and oxygen atoms in total. The first-order valence-electron chi connectivity index (χ1n) is 5.57. The van der Waals surface area contributed by atoms with E-state index in [4.69, 9.17) is 5.84 Å². The first-order chi connectivity index (χ1) is 8.70. The van der Waals surface area contributed by atoms with Gasteiger partial charge in [-0.05, 0) is 53.1 Å². The summed E-state index contributed by atoms with van der Waals surface area (Å²) in [4.78, 5) is 11.9. The smallest absolute Gasteiger partial charge is 0.251 e. The number of nitrogen functional groups attached to an aromatic ring is 1. The first kappa shape index (κ1) is 12.6. The van der Waals surface area contributed by atoms with Crippen LogP contribution in [0.2, 0.25) is 0 Å². The molecule has 0 bridgehead atoms. The van der Waals surface area contributed by atoms with Gasteiger partial charge in [0.15, 0.2) is 0 Å². The first-order valence-corrected chi connectivity index (χ1v) is 6.51. The summed E-state index contributed by atoms with van der Waals surface area (Å²) in [6.45, 7) is 2.60. The molecule has 2 rings (SSSR count). The second kappa shape index (κ2) is 5.66. The Bertz CT molecular complexity index is 533. The summed E-state index contributed by atoms with van der Waals surface area (Å²) in [7, 11) is 0. The third kappa shape index (κ3) is 2.88. The molecule has 0 fully saturated rings. The van der Waals surface area contributed by atoms with Crippen molar-refractivity contribution in [2.75, 3.05) is 5.43 Å². The van der Waals surface area contributed by atoms with Crippen molar-refractivity contribution in [2.45, 2.75) is 13.5 Å². The molecule has 0 spiro atoms. The zero-order valence-electron chi connectivity index (χ0n) is 10.1. The predicted octanol–water partition coefficient (Wildman–Crippen LogP) is 2.27. The van der Waals surface area contributed by atoms with Gasteiger partial charge in [-0.1, -0.05) is 0 Å². The lowest BCUT2D eigenvalue weighted by Crippen LogP contribution is -2.22. The van der Waals surface area contributed by atoms with E-state index in [-0.39, 0.29) is 5.91 Å². The van der Waals surface area contributed by atoms with Gasteiger partial charge in [-0.15, -0.1) is 0 Å². The van der Waals surface area contributed by atoms with Crippen molar-refractivity contribution in [3.8, 4) is 0 Å². The Labute approximate surface area is 110 Å². The second-order valence-corrected chi connectivity index (χ2v) is 4.73. The Balaban J connectivity index is 1.97. The lowest BCUT2D eigenvalue weighted by molar-refractivity contribution is 0.0951. The number of hydrogen-bond donors (Lipinski definition) is 3. The number of carbonyl (C=O) groups excluding carboxylic acids is 1. The van der Waals surface area contributed by atoms with Crippen LogP contribution in [0.3, 0.4) is 0 Å². The number of rotatable bonds is 4. The van der Waals surface area contributed by atoms with Crippen LogP contribution in [0.25, 0.3) is 0 Å². The molecule has 0 aliphatic rings. The normalized spacial score (nSPS) is 10.1. The highest BCUT2D eigenvalue weighted by atomic mass is 32.1. The molecule has 0 aliphatic carbocycles. The lowest BCUT2D eigenvalue weighted by atomic mass is 10.2. The monoisotopic (exact) mass is 261 g/mol. The van der Waals surface area contributed by atoms with Crippen LogP contribution in [-0.2, 0) is 6.54 Å². The molecule has 0 atom stereocenters. The molecule has 5 heteroatoms. The number of nitrogens with one attached hydrogen (secondary N) is 2. The summed E-state index contributed by atoms with van der Waals surface area (Å²) < 4.78 is 0. The third-order valence-electron chi connectivity index (χ3n) is 2.71. The van der Waals surface area contributed by atoms with Gasteiger partial charge in [0, 0.05) is 17.8 Å². The van der Waals surface area contributed by atoms with Crippen molar-refractivity contribution in [3.05, 3.63) is 51.7 Å². The van der Waals surface area contributed by atoms with Gasteiger partial charge in [-0.2, -0.15) is 11.3 Å². The maximum Gasteiger partial charge on any atom is 0.251 e. The Morgan fingerprint density at radius 1 is 1.28 bits per heavy atom. The van der Waals surface area contributed by atoms with E-state index in [0.717, 1.165) is 11.3 Å². The van der Waals surface area contributed by atoms with Crippen molar-refractivity contribution in [1.82, 2.24) is 5.32 Å². The minimum Gasteiger partial charge on any atom is -0.348 e. The molecule has 0 unspecified atom stereocenters. The van der Waals surface area contributed by atoms with Gasteiger partial charge in [-0.25, -0.2) is 0 Å². The Morgan fingerprint density at radius 3 is 2.56 bits per heavy atom. The number of hydrogen-bond acceptors (Lipinski definition) is 4. The van der Waals surface area contributed by atoms with Crippen LogP contribution in [0.5, 0.6) is 0 Å². The summed E-state index contributed by atoms with van der Waals surface area (Å²) in [5.41, 5.74) is 6.30. The zero-order chi connectivity index (χ0) is 13.0. The minimum absolute atomic E-state index is 0.0795. The molecule has 1 aromatic heterocycles. The summed E-state index contributed by atoms with van der Waals surface area (Å²) >= 11 is 1.65. The summed E-state index contributed by atoms with van der Waals surface area (Å²) in [6.07, 6.45) is 0. The number of aryl methyl sites for hydroxylation is 1. The topological polar surface area (TPSA) is 67.2 Å². The maximum atomic E-state index is 11.9. The van der Waals surface area contributed by atoms with Crippen molar-refractivity contribution < 1.29 is 4.79 Å². The van der Waals surface area contributed by atoms with Gasteiger partial charge in [0.1, 0.15) is 0 Å². The van der Waals surface area contributed by atoms with Crippen molar-refractivity contribution in [2.24, 2.45) is 5.84 Å². The molecule has 4 N–H and O–H groups in total. The van der Waals surface area contributed by atoms with Crippen molar-refractivity contribution in [3.63, 3.8) is 0 Å². The molecule has 0 radical (unpaired) electrons. The standard InChI is InChI=1S/C13H15N3OS/c1-9-7-18-8-11(9)6-15-13(17)10-2-4-12(16-14)5-3-10/h2-5,7-8,16H,6,14H2,1H3,(H,15,17). The number of amides is 1. The second-order valence-electron chi connectivity index (χ2n) is 3.98. The fourth-order valence-electron chi connectivity index (χ4n) is 1.56. The van der Waals surface area contributed by atoms with Crippen LogP contribution >= 0.6 is 11.3 Å². The lowest BCUT2D eigenvalue weighted by Gasteiger charge is -2.06. The Morgan fingerprint density at radius 2 is 2.00 bits per heavy atom. The van der Waals surface area contributed by atoms with E-state index in [2.05, 4.69) is 21.5 Å². The van der Waals surface area contributed by atoms with Gasteiger partial charge >= 0.3 is 0 Å². The van der Waals surface area contributed by atoms with Crippen molar-refractivity contribution >= 4 is 22.9 Å². The van der Waals surface area contributed by atoms with Gasteiger partial charge in [0.2, 0.25) is 0 Å². The predicted molar refractivity (Wildman–Crippen MR) is 74.5 cm³/mol. The average Bonchev–Trinajstić information content (AvgIpc) is 2.81. The number of nitrogens with two attached hydrogens (primary N) is 1. The van der Waals surface area contributed by atoms with E-state index in [1.54, 1.807) is 35.6 Å². The molecule has 94 valence electrons. The Kier molecular flexibility index (Phi) is 3.96. The van der Waals surface area contributed by atoms with E-state index in [1.165, 1.54) is 5.56 Å². The molecule has 2 aromatic rings. The zero-order valence-corrected chi connectivity index (χ0v) is 10.9. The van der Waals surface area contributed by atoms with Crippen LogP contribution in [0.4, 0.5) is 5.69 Å². The van der Waals surface area contributed by atoms with Gasteiger partial charge in [0.25, 0.3) is 5.91 Å². The number of hydrazine groups is 1. The summed E-state index contributed by atoms with van der Waals surface area (Å²) in [6, 6.07) is 7.02. The molecule has 18 heavy (non-hydrogen) atoms. The summed E-state index contributed by atoms with van der Waals surface area (Å²) in [5, 5.41) is 7.02. The maximum absolute atomic E-state index is 11.9. The SMILES string of the molecule is Cc1cscc1CNC(=O)c1ccc(NN)cc1. The highest BCUT2D eigenvalue weighted by Crippen LogP contribution is 2.13. The van der Waals surface area contributed by atoms with E-state index < -0.39 is 0 Å². The molecular weight excluding hydrogens is 246 g/mol. The number of anilines is 1. The highest BCUT2D eigenvalue weighted by molar-refractivity contribution is 7.08.